The van der Waals surface area contributed by atoms with Crippen LogP contribution < -0.4 is 0 Å². The van der Waals surface area contributed by atoms with E-state index in [0.717, 1.165) is 25.1 Å². The first kappa shape index (κ1) is 15.5. The molecule has 0 aliphatic heterocycles. The number of allylic oxidation sites excluding steroid dienone is 6. The van der Waals surface area contributed by atoms with Crippen molar-refractivity contribution in [2.45, 2.75) is 53.4 Å². The van der Waals surface area contributed by atoms with Gasteiger partial charge >= 0.3 is 0 Å². The lowest BCUT2D eigenvalue weighted by molar-refractivity contribution is 0.956. The van der Waals surface area contributed by atoms with Gasteiger partial charge in [0.1, 0.15) is 0 Å². The molecule has 0 aromatic heterocycles. The SMILES string of the molecule is CC(C)=CCCC(C)=CCC=C(C)CCCl. The number of rotatable bonds is 7. The van der Waals surface area contributed by atoms with E-state index in [1.807, 2.05) is 0 Å². The van der Waals surface area contributed by atoms with Gasteiger partial charge in [-0.15, -0.1) is 11.6 Å². The fourth-order valence-electron chi connectivity index (χ4n) is 1.40. The fourth-order valence-corrected chi connectivity index (χ4v) is 1.70. The molecule has 0 aromatic rings. The Bertz CT molecular complexity index is 265. The van der Waals surface area contributed by atoms with Crippen LogP contribution in [0.1, 0.15) is 53.4 Å². The minimum Gasteiger partial charge on any atom is -0.126 e. The molecule has 0 saturated carbocycles. The summed E-state index contributed by atoms with van der Waals surface area (Å²) in [5, 5.41) is 0. The van der Waals surface area contributed by atoms with Gasteiger partial charge in [-0.2, -0.15) is 0 Å². The van der Waals surface area contributed by atoms with Gasteiger partial charge in [-0.3, -0.25) is 0 Å². The molecule has 0 radical (unpaired) electrons. The summed E-state index contributed by atoms with van der Waals surface area (Å²) in [5.74, 6) is 0.728. The summed E-state index contributed by atoms with van der Waals surface area (Å²) in [6, 6.07) is 0. The Morgan fingerprint density at radius 1 is 0.875 bits per heavy atom. The van der Waals surface area contributed by atoms with Crippen molar-refractivity contribution in [2.75, 3.05) is 5.88 Å². The van der Waals surface area contributed by atoms with Crippen LogP contribution in [0.3, 0.4) is 0 Å². The van der Waals surface area contributed by atoms with E-state index in [9.17, 15) is 0 Å². The van der Waals surface area contributed by atoms with Gasteiger partial charge in [-0.05, 0) is 53.4 Å². The highest BCUT2D eigenvalue weighted by Crippen LogP contribution is 2.09. The van der Waals surface area contributed by atoms with Crippen LogP contribution in [0.25, 0.3) is 0 Å². The van der Waals surface area contributed by atoms with E-state index < -0.39 is 0 Å². The fraction of sp³-hybridized carbons (Fsp3) is 0.600. The molecular weight excluding hydrogens is 216 g/mol. The number of alkyl halides is 1. The van der Waals surface area contributed by atoms with Gasteiger partial charge in [-0.1, -0.05) is 34.9 Å². The van der Waals surface area contributed by atoms with Crippen molar-refractivity contribution in [3.8, 4) is 0 Å². The standard InChI is InChI=1S/C15H25Cl/c1-13(2)7-5-8-14(3)9-6-10-15(4)11-12-16/h7,9-10H,5-6,8,11-12H2,1-4H3. The molecule has 0 bridgehead atoms. The van der Waals surface area contributed by atoms with Crippen LogP contribution in [-0.4, -0.2) is 5.88 Å². The Morgan fingerprint density at radius 2 is 1.44 bits per heavy atom. The predicted octanol–water partition coefficient (Wildman–Crippen LogP) is 5.64. The average Bonchev–Trinajstić information content (AvgIpc) is 2.17. The Hall–Kier alpha value is -0.490. The van der Waals surface area contributed by atoms with Crippen LogP contribution in [0, 0.1) is 0 Å². The average molecular weight is 241 g/mol. The highest BCUT2D eigenvalue weighted by atomic mass is 35.5. The van der Waals surface area contributed by atoms with Gasteiger partial charge in [0.2, 0.25) is 0 Å². The smallest absolute Gasteiger partial charge is 0.0260 e. The van der Waals surface area contributed by atoms with E-state index in [-0.39, 0.29) is 0 Å². The molecule has 0 rings (SSSR count). The van der Waals surface area contributed by atoms with Gasteiger partial charge in [0.25, 0.3) is 0 Å². The van der Waals surface area contributed by atoms with Crippen molar-refractivity contribution in [1.82, 2.24) is 0 Å². The molecule has 0 spiro atoms. The number of hydrogen-bond acceptors (Lipinski definition) is 0. The first-order valence-electron chi connectivity index (χ1n) is 6.07. The van der Waals surface area contributed by atoms with Gasteiger partial charge in [0.15, 0.2) is 0 Å². The summed E-state index contributed by atoms with van der Waals surface area (Å²) in [4.78, 5) is 0. The third-order valence-electron chi connectivity index (χ3n) is 2.51. The van der Waals surface area contributed by atoms with Gasteiger partial charge < -0.3 is 0 Å². The van der Waals surface area contributed by atoms with E-state index in [1.165, 1.54) is 23.1 Å². The molecule has 0 nitrogen and oxygen atoms in total. The highest BCUT2D eigenvalue weighted by molar-refractivity contribution is 6.17. The van der Waals surface area contributed by atoms with Crippen LogP contribution >= 0.6 is 11.6 Å². The summed E-state index contributed by atoms with van der Waals surface area (Å²) in [7, 11) is 0. The van der Waals surface area contributed by atoms with E-state index in [4.69, 9.17) is 11.6 Å². The topological polar surface area (TPSA) is 0 Å². The van der Waals surface area contributed by atoms with Gasteiger partial charge in [0, 0.05) is 5.88 Å². The summed E-state index contributed by atoms with van der Waals surface area (Å²) < 4.78 is 0. The molecule has 0 atom stereocenters. The summed E-state index contributed by atoms with van der Waals surface area (Å²) >= 11 is 5.67. The van der Waals surface area contributed by atoms with E-state index in [2.05, 4.69) is 45.9 Å². The molecule has 0 aromatic carbocycles. The first-order chi connectivity index (χ1) is 7.56. The maximum Gasteiger partial charge on any atom is 0.0260 e. The third kappa shape index (κ3) is 10.0. The molecule has 16 heavy (non-hydrogen) atoms. The third-order valence-corrected chi connectivity index (χ3v) is 2.70. The highest BCUT2D eigenvalue weighted by Gasteiger charge is 1.89. The molecule has 0 aliphatic carbocycles. The quantitative estimate of drug-likeness (QED) is 0.399. The minimum atomic E-state index is 0.728. The van der Waals surface area contributed by atoms with Gasteiger partial charge in [0.05, 0.1) is 0 Å². The van der Waals surface area contributed by atoms with Crippen molar-refractivity contribution >= 4 is 11.6 Å². The monoisotopic (exact) mass is 240 g/mol. The molecule has 0 saturated heterocycles. The van der Waals surface area contributed by atoms with Crippen molar-refractivity contribution in [2.24, 2.45) is 0 Å². The largest absolute Gasteiger partial charge is 0.126 e. The van der Waals surface area contributed by atoms with Gasteiger partial charge in [-0.25, -0.2) is 0 Å². The number of halogens is 1. The molecule has 0 fully saturated rings. The molecule has 1 heteroatoms. The lowest BCUT2D eigenvalue weighted by Crippen LogP contribution is -1.80. The summed E-state index contributed by atoms with van der Waals surface area (Å²) in [5.41, 5.74) is 4.28. The Morgan fingerprint density at radius 3 is 1.94 bits per heavy atom. The Kier molecular flexibility index (Phi) is 9.42. The zero-order valence-electron chi connectivity index (χ0n) is 11.1. The van der Waals surface area contributed by atoms with E-state index in [1.54, 1.807) is 0 Å². The second-order valence-corrected chi connectivity index (χ2v) is 4.97. The van der Waals surface area contributed by atoms with Crippen LogP contribution in [-0.2, 0) is 0 Å². The second kappa shape index (κ2) is 9.72. The minimum absolute atomic E-state index is 0.728. The maximum atomic E-state index is 5.67. The van der Waals surface area contributed by atoms with Crippen molar-refractivity contribution < 1.29 is 0 Å². The van der Waals surface area contributed by atoms with Crippen LogP contribution in [0.4, 0.5) is 0 Å². The molecule has 0 amide bonds. The summed E-state index contributed by atoms with van der Waals surface area (Å²) in [6.07, 6.45) is 11.3. The zero-order valence-corrected chi connectivity index (χ0v) is 11.9. The van der Waals surface area contributed by atoms with Crippen LogP contribution in [0.2, 0.25) is 0 Å². The lowest BCUT2D eigenvalue weighted by atomic mass is 10.1. The van der Waals surface area contributed by atoms with Crippen molar-refractivity contribution in [1.29, 1.82) is 0 Å². The summed E-state index contributed by atoms with van der Waals surface area (Å²) in [6.45, 7) is 8.66. The zero-order chi connectivity index (χ0) is 12.4. The van der Waals surface area contributed by atoms with Crippen LogP contribution in [0.5, 0.6) is 0 Å². The normalized spacial score (nSPS) is 12.8. The maximum absolute atomic E-state index is 5.67. The first-order valence-corrected chi connectivity index (χ1v) is 6.60. The lowest BCUT2D eigenvalue weighted by Gasteiger charge is -1.99. The molecule has 0 heterocycles. The second-order valence-electron chi connectivity index (χ2n) is 4.60. The molecule has 0 unspecified atom stereocenters. The molecule has 0 N–H and O–H groups in total. The molecule has 92 valence electrons. The Balaban J connectivity index is 3.87. The molecular formula is C15H25Cl. The van der Waals surface area contributed by atoms with E-state index in [0.29, 0.717) is 0 Å². The molecule has 0 aliphatic rings. The van der Waals surface area contributed by atoms with Crippen LogP contribution in [0.15, 0.2) is 34.9 Å². The Labute approximate surface area is 106 Å². The van der Waals surface area contributed by atoms with Crippen molar-refractivity contribution in [3.05, 3.63) is 34.9 Å². The number of hydrogen-bond donors (Lipinski definition) is 0. The van der Waals surface area contributed by atoms with Crippen molar-refractivity contribution in [3.63, 3.8) is 0 Å². The van der Waals surface area contributed by atoms with E-state index >= 15 is 0 Å². The predicted molar refractivity (Wildman–Crippen MR) is 76.1 cm³/mol.